The van der Waals surface area contributed by atoms with Crippen LogP contribution in [0.5, 0.6) is 0 Å². The molecule has 0 radical (unpaired) electrons. The third-order valence-electron chi connectivity index (χ3n) is 3.64. The van der Waals surface area contributed by atoms with Crippen LogP contribution in [0, 0.1) is 0 Å². The molecule has 0 saturated carbocycles. The highest BCUT2D eigenvalue weighted by Gasteiger charge is 2.33. The molecule has 1 atom stereocenters. The smallest absolute Gasteiger partial charge is 0.146 e. The summed E-state index contributed by atoms with van der Waals surface area (Å²) in [7, 11) is 3.75. The average molecular weight is 282 g/mol. The van der Waals surface area contributed by atoms with Crippen molar-refractivity contribution in [2.45, 2.75) is 45.4 Å². The molecule has 0 N–H and O–H groups in total. The van der Waals surface area contributed by atoms with Gasteiger partial charge in [-0.1, -0.05) is 6.92 Å². The Balaban J connectivity index is 2.05. The maximum absolute atomic E-state index is 6.03. The van der Waals surface area contributed by atoms with E-state index in [0.29, 0.717) is 6.61 Å². The number of nitrogens with zero attached hydrogens (tertiary/aromatic N) is 4. The molecule has 0 amide bonds. The summed E-state index contributed by atoms with van der Waals surface area (Å²) >= 11 is 0. The Morgan fingerprint density at radius 1 is 1.35 bits per heavy atom. The Kier molecular flexibility index (Phi) is 4.78. The van der Waals surface area contributed by atoms with Crippen molar-refractivity contribution in [3.8, 4) is 0 Å². The van der Waals surface area contributed by atoms with E-state index in [9.17, 15) is 0 Å². The minimum Gasteiger partial charge on any atom is -0.382 e. The topological polar surface area (TPSA) is 52.4 Å². The minimum atomic E-state index is -0.159. The van der Waals surface area contributed by atoms with E-state index in [2.05, 4.69) is 40.4 Å². The normalized spacial score (nSPS) is 23.1. The summed E-state index contributed by atoms with van der Waals surface area (Å²) in [6.07, 6.45) is 1.02. The Labute approximate surface area is 121 Å². The van der Waals surface area contributed by atoms with Crippen molar-refractivity contribution >= 4 is 0 Å². The van der Waals surface area contributed by atoms with Crippen molar-refractivity contribution in [2.75, 3.05) is 26.8 Å². The summed E-state index contributed by atoms with van der Waals surface area (Å²) in [6.45, 7) is 9.52. The number of rotatable bonds is 5. The lowest BCUT2D eigenvalue weighted by Gasteiger charge is -2.42. The van der Waals surface area contributed by atoms with Crippen LogP contribution in [0.4, 0.5) is 0 Å². The molecule has 1 fully saturated rings. The fourth-order valence-electron chi connectivity index (χ4n) is 2.85. The van der Waals surface area contributed by atoms with E-state index in [1.165, 1.54) is 0 Å². The lowest BCUT2D eigenvalue weighted by atomic mass is 10.1. The van der Waals surface area contributed by atoms with E-state index in [0.717, 1.165) is 37.7 Å². The van der Waals surface area contributed by atoms with E-state index in [1.807, 2.05) is 7.05 Å². The summed E-state index contributed by atoms with van der Waals surface area (Å²) in [5.41, 5.74) is -0.159. The molecule has 114 valence electrons. The molecular formula is C14H26N4O2. The molecule has 2 rings (SSSR count). The van der Waals surface area contributed by atoms with E-state index in [1.54, 1.807) is 7.11 Å². The average Bonchev–Trinajstić information content (AvgIpc) is 2.69. The van der Waals surface area contributed by atoms with Crippen molar-refractivity contribution in [3.63, 3.8) is 0 Å². The number of aromatic nitrogens is 3. The van der Waals surface area contributed by atoms with Crippen LogP contribution in [0.3, 0.4) is 0 Å². The maximum atomic E-state index is 6.03. The first-order valence-electron chi connectivity index (χ1n) is 7.21. The van der Waals surface area contributed by atoms with Crippen LogP contribution < -0.4 is 0 Å². The third kappa shape index (κ3) is 3.56. The molecular weight excluding hydrogens is 256 g/mol. The highest BCUT2D eigenvalue weighted by Crippen LogP contribution is 2.22. The van der Waals surface area contributed by atoms with Gasteiger partial charge in [0, 0.05) is 33.7 Å². The van der Waals surface area contributed by atoms with Crippen LogP contribution in [0.2, 0.25) is 0 Å². The predicted octanol–water partition coefficient (Wildman–Crippen LogP) is 1.00. The van der Waals surface area contributed by atoms with Gasteiger partial charge in [-0.15, -0.1) is 10.2 Å². The number of ether oxygens (including phenoxy) is 2. The van der Waals surface area contributed by atoms with Gasteiger partial charge in [-0.25, -0.2) is 0 Å². The van der Waals surface area contributed by atoms with Crippen LogP contribution in [-0.2, 0) is 29.5 Å². The molecule has 20 heavy (non-hydrogen) atoms. The quantitative estimate of drug-likeness (QED) is 0.806. The first-order chi connectivity index (χ1) is 9.45. The lowest BCUT2D eigenvalue weighted by molar-refractivity contribution is -0.154. The van der Waals surface area contributed by atoms with Gasteiger partial charge >= 0.3 is 0 Å². The second-order valence-electron chi connectivity index (χ2n) is 6.07. The van der Waals surface area contributed by atoms with E-state index in [4.69, 9.17) is 9.47 Å². The summed E-state index contributed by atoms with van der Waals surface area (Å²) < 4.78 is 13.4. The van der Waals surface area contributed by atoms with Gasteiger partial charge in [-0.05, 0) is 13.8 Å². The van der Waals surface area contributed by atoms with E-state index >= 15 is 0 Å². The van der Waals surface area contributed by atoms with Gasteiger partial charge in [0.2, 0.25) is 0 Å². The molecule has 1 aliphatic rings. The van der Waals surface area contributed by atoms with Crippen LogP contribution in [-0.4, -0.2) is 58.2 Å². The molecule has 1 aromatic rings. The first kappa shape index (κ1) is 15.4. The summed E-state index contributed by atoms with van der Waals surface area (Å²) in [4.78, 5) is 2.37. The van der Waals surface area contributed by atoms with E-state index < -0.39 is 0 Å². The molecule has 0 bridgehead atoms. The number of hydrogen-bond acceptors (Lipinski definition) is 5. The predicted molar refractivity (Wildman–Crippen MR) is 76.5 cm³/mol. The van der Waals surface area contributed by atoms with Gasteiger partial charge in [0.25, 0.3) is 0 Å². The number of morpholine rings is 1. The highest BCUT2D eigenvalue weighted by molar-refractivity contribution is 4.96. The van der Waals surface area contributed by atoms with Crippen molar-refractivity contribution in [1.29, 1.82) is 0 Å². The lowest BCUT2D eigenvalue weighted by Crippen LogP contribution is -2.53. The molecule has 1 aliphatic heterocycles. The van der Waals surface area contributed by atoms with Gasteiger partial charge in [0.05, 0.1) is 24.9 Å². The van der Waals surface area contributed by atoms with Crippen LogP contribution >= 0.6 is 0 Å². The monoisotopic (exact) mass is 282 g/mol. The second kappa shape index (κ2) is 6.20. The van der Waals surface area contributed by atoms with Crippen LogP contribution in [0.1, 0.15) is 32.4 Å². The molecule has 0 aliphatic carbocycles. The van der Waals surface area contributed by atoms with Gasteiger partial charge < -0.3 is 14.0 Å². The summed E-state index contributed by atoms with van der Waals surface area (Å²) in [5, 5.41) is 8.52. The Bertz CT molecular complexity index is 444. The van der Waals surface area contributed by atoms with Crippen molar-refractivity contribution < 1.29 is 9.47 Å². The molecule has 6 heteroatoms. The number of hydrogen-bond donors (Lipinski definition) is 0. The molecule has 0 spiro atoms. The molecule has 1 aromatic heterocycles. The van der Waals surface area contributed by atoms with Gasteiger partial charge in [-0.3, -0.25) is 4.90 Å². The van der Waals surface area contributed by atoms with E-state index in [-0.39, 0.29) is 11.7 Å². The fourth-order valence-corrected chi connectivity index (χ4v) is 2.85. The maximum Gasteiger partial charge on any atom is 0.146 e. The zero-order valence-corrected chi connectivity index (χ0v) is 13.2. The minimum absolute atomic E-state index is 0.114. The van der Waals surface area contributed by atoms with Gasteiger partial charge in [-0.2, -0.15) is 0 Å². The van der Waals surface area contributed by atoms with Crippen molar-refractivity contribution in [2.24, 2.45) is 7.05 Å². The second-order valence-corrected chi connectivity index (χ2v) is 6.07. The van der Waals surface area contributed by atoms with Crippen molar-refractivity contribution in [1.82, 2.24) is 19.7 Å². The van der Waals surface area contributed by atoms with Crippen LogP contribution in [0.15, 0.2) is 0 Å². The number of methoxy groups -OCH3 is 1. The fraction of sp³-hybridized carbons (Fsp3) is 0.857. The summed E-state index contributed by atoms with van der Waals surface area (Å²) in [6, 6.07) is 0. The third-order valence-corrected chi connectivity index (χ3v) is 3.64. The molecule has 1 saturated heterocycles. The largest absolute Gasteiger partial charge is 0.382 e. The first-order valence-corrected chi connectivity index (χ1v) is 7.21. The van der Waals surface area contributed by atoms with Crippen LogP contribution in [0.25, 0.3) is 0 Å². The number of aryl methyl sites for hydroxylation is 1. The van der Waals surface area contributed by atoms with Crippen molar-refractivity contribution in [3.05, 3.63) is 11.6 Å². The standard InChI is InChI=1S/C14H26N4O2/c1-6-12-15-16-13(17(12)4)8-18-7-11(9-19-5)20-14(2,3)10-18/h11H,6-10H2,1-5H3/t11-/m0/s1. The molecule has 0 aromatic carbocycles. The SMILES string of the molecule is CCc1nnc(CN2C[C@@H](COC)OC(C)(C)C2)n1C. The summed E-state index contributed by atoms with van der Waals surface area (Å²) in [5.74, 6) is 2.04. The molecule has 0 unspecified atom stereocenters. The molecule has 6 nitrogen and oxygen atoms in total. The highest BCUT2D eigenvalue weighted by atomic mass is 16.5. The Hall–Kier alpha value is -0.980. The Morgan fingerprint density at radius 3 is 2.65 bits per heavy atom. The zero-order valence-electron chi connectivity index (χ0n) is 13.2. The molecule has 2 heterocycles. The van der Waals surface area contributed by atoms with Gasteiger partial charge in [0.1, 0.15) is 11.6 Å². The Morgan fingerprint density at radius 2 is 2.05 bits per heavy atom. The van der Waals surface area contributed by atoms with Gasteiger partial charge in [0.15, 0.2) is 0 Å². The zero-order chi connectivity index (χ0) is 14.8.